The highest BCUT2D eigenvalue weighted by Gasteiger charge is 1.96. The smallest absolute Gasteiger partial charge is 0.121 e. The third kappa shape index (κ3) is 2.87. The van der Waals surface area contributed by atoms with Gasteiger partial charge in [-0.1, -0.05) is 11.6 Å². The molecular formula is C8H8ClIO. The molecule has 1 aromatic carbocycles. The quantitative estimate of drug-likeness (QED) is 0.756. The van der Waals surface area contributed by atoms with Crippen LogP contribution >= 0.6 is 34.2 Å². The second kappa shape index (κ2) is 4.16. The summed E-state index contributed by atoms with van der Waals surface area (Å²) in [7, 11) is 0. The van der Waals surface area contributed by atoms with Crippen LogP contribution in [0.15, 0.2) is 18.2 Å². The molecule has 0 amide bonds. The van der Waals surface area contributed by atoms with Crippen molar-refractivity contribution in [3.8, 4) is 5.75 Å². The standard InChI is InChI=1S/C8H8ClIO/c1-2-11-8-4-6(9)3-7(10)5-8/h3-5H,2H2,1H3. The third-order valence-corrected chi connectivity index (χ3v) is 1.99. The molecule has 0 spiro atoms. The molecule has 0 aliphatic carbocycles. The topological polar surface area (TPSA) is 9.23 Å². The number of halogens is 2. The van der Waals surface area contributed by atoms with Gasteiger partial charge in [0.1, 0.15) is 5.75 Å². The van der Waals surface area contributed by atoms with Gasteiger partial charge in [-0.05, 0) is 47.7 Å². The molecule has 0 aromatic heterocycles. The van der Waals surface area contributed by atoms with Crippen molar-refractivity contribution < 1.29 is 4.74 Å². The minimum atomic E-state index is 0.677. The molecule has 0 aliphatic heterocycles. The van der Waals surface area contributed by atoms with E-state index in [1.165, 1.54) is 0 Å². The number of hydrogen-bond acceptors (Lipinski definition) is 1. The molecule has 60 valence electrons. The fraction of sp³-hybridized carbons (Fsp3) is 0.250. The summed E-state index contributed by atoms with van der Waals surface area (Å²) in [4.78, 5) is 0. The van der Waals surface area contributed by atoms with E-state index < -0.39 is 0 Å². The molecule has 1 rings (SSSR count). The molecule has 0 fully saturated rings. The average Bonchev–Trinajstić information content (AvgIpc) is 1.85. The van der Waals surface area contributed by atoms with Crippen LogP contribution in [0.1, 0.15) is 6.92 Å². The molecule has 0 bridgehead atoms. The van der Waals surface area contributed by atoms with Crippen molar-refractivity contribution in [3.05, 3.63) is 26.8 Å². The second-order valence-electron chi connectivity index (χ2n) is 2.04. The highest BCUT2D eigenvalue weighted by atomic mass is 127. The Hall–Kier alpha value is 0.0400. The van der Waals surface area contributed by atoms with Gasteiger partial charge in [0.2, 0.25) is 0 Å². The first-order chi connectivity index (χ1) is 5.22. The van der Waals surface area contributed by atoms with Gasteiger partial charge in [-0.15, -0.1) is 0 Å². The Bertz CT molecular complexity index is 230. The van der Waals surface area contributed by atoms with Gasteiger partial charge in [0.05, 0.1) is 6.61 Å². The van der Waals surface area contributed by atoms with E-state index in [0.29, 0.717) is 6.61 Å². The highest BCUT2D eigenvalue weighted by Crippen LogP contribution is 2.21. The van der Waals surface area contributed by atoms with E-state index in [1.807, 2.05) is 25.1 Å². The van der Waals surface area contributed by atoms with Crippen LogP contribution in [-0.4, -0.2) is 6.61 Å². The summed E-state index contributed by atoms with van der Waals surface area (Å²) in [5, 5.41) is 0.723. The van der Waals surface area contributed by atoms with E-state index in [2.05, 4.69) is 22.6 Å². The van der Waals surface area contributed by atoms with Crippen LogP contribution in [0.3, 0.4) is 0 Å². The first-order valence-corrected chi connectivity index (χ1v) is 4.77. The predicted molar refractivity (Wildman–Crippen MR) is 55.3 cm³/mol. The van der Waals surface area contributed by atoms with Crippen LogP contribution in [0, 0.1) is 3.57 Å². The van der Waals surface area contributed by atoms with Crippen LogP contribution < -0.4 is 4.74 Å². The van der Waals surface area contributed by atoms with Gasteiger partial charge in [0.15, 0.2) is 0 Å². The van der Waals surface area contributed by atoms with Crippen LogP contribution in [0.4, 0.5) is 0 Å². The van der Waals surface area contributed by atoms with E-state index in [4.69, 9.17) is 16.3 Å². The van der Waals surface area contributed by atoms with Gasteiger partial charge in [-0.3, -0.25) is 0 Å². The largest absolute Gasteiger partial charge is 0.494 e. The van der Waals surface area contributed by atoms with E-state index >= 15 is 0 Å². The van der Waals surface area contributed by atoms with Crippen molar-refractivity contribution in [2.75, 3.05) is 6.61 Å². The van der Waals surface area contributed by atoms with Crippen molar-refractivity contribution in [2.24, 2.45) is 0 Å². The van der Waals surface area contributed by atoms with Crippen molar-refractivity contribution in [3.63, 3.8) is 0 Å². The first-order valence-electron chi connectivity index (χ1n) is 3.31. The number of hydrogen-bond donors (Lipinski definition) is 0. The highest BCUT2D eigenvalue weighted by molar-refractivity contribution is 14.1. The molecule has 0 N–H and O–H groups in total. The lowest BCUT2D eigenvalue weighted by molar-refractivity contribution is 0.340. The number of rotatable bonds is 2. The van der Waals surface area contributed by atoms with Gasteiger partial charge < -0.3 is 4.74 Å². The van der Waals surface area contributed by atoms with Crippen LogP contribution in [0.25, 0.3) is 0 Å². The minimum absolute atomic E-state index is 0.677. The summed E-state index contributed by atoms with van der Waals surface area (Å²) in [6, 6.07) is 5.66. The Morgan fingerprint density at radius 2 is 2.18 bits per heavy atom. The maximum atomic E-state index is 5.80. The molecule has 0 atom stereocenters. The van der Waals surface area contributed by atoms with Crippen molar-refractivity contribution >= 4 is 34.2 Å². The fourth-order valence-corrected chi connectivity index (χ4v) is 1.83. The molecule has 0 heterocycles. The van der Waals surface area contributed by atoms with Gasteiger partial charge in [0.25, 0.3) is 0 Å². The Labute approximate surface area is 84.8 Å². The molecule has 1 nitrogen and oxygen atoms in total. The average molecular weight is 283 g/mol. The summed E-state index contributed by atoms with van der Waals surface area (Å²) < 4.78 is 6.37. The van der Waals surface area contributed by atoms with Crippen LogP contribution in [0.5, 0.6) is 5.75 Å². The molecule has 0 unspecified atom stereocenters. The van der Waals surface area contributed by atoms with Gasteiger partial charge in [0, 0.05) is 8.59 Å². The lowest BCUT2D eigenvalue weighted by Gasteiger charge is -2.03. The lowest BCUT2D eigenvalue weighted by atomic mass is 10.3. The lowest BCUT2D eigenvalue weighted by Crippen LogP contribution is -1.91. The predicted octanol–water partition coefficient (Wildman–Crippen LogP) is 3.34. The van der Waals surface area contributed by atoms with Gasteiger partial charge in [-0.2, -0.15) is 0 Å². The summed E-state index contributed by atoms with van der Waals surface area (Å²) in [6.07, 6.45) is 0. The molecule has 11 heavy (non-hydrogen) atoms. The van der Waals surface area contributed by atoms with Crippen molar-refractivity contribution in [2.45, 2.75) is 6.92 Å². The SMILES string of the molecule is CCOc1cc(Cl)cc(I)c1. The zero-order valence-electron chi connectivity index (χ0n) is 6.10. The van der Waals surface area contributed by atoms with Gasteiger partial charge >= 0.3 is 0 Å². The van der Waals surface area contributed by atoms with Gasteiger partial charge in [-0.25, -0.2) is 0 Å². The monoisotopic (exact) mass is 282 g/mol. The summed E-state index contributed by atoms with van der Waals surface area (Å²) in [5.74, 6) is 0.837. The Morgan fingerprint density at radius 3 is 2.73 bits per heavy atom. The van der Waals surface area contributed by atoms with E-state index in [0.717, 1.165) is 14.3 Å². The van der Waals surface area contributed by atoms with E-state index in [-0.39, 0.29) is 0 Å². The Kier molecular flexibility index (Phi) is 3.45. The molecule has 1 aromatic rings. The Morgan fingerprint density at radius 1 is 1.45 bits per heavy atom. The summed E-state index contributed by atoms with van der Waals surface area (Å²) in [5.41, 5.74) is 0. The van der Waals surface area contributed by atoms with Crippen LogP contribution in [-0.2, 0) is 0 Å². The van der Waals surface area contributed by atoms with Crippen molar-refractivity contribution in [1.82, 2.24) is 0 Å². The summed E-state index contributed by atoms with van der Waals surface area (Å²) in [6.45, 7) is 2.63. The second-order valence-corrected chi connectivity index (χ2v) is 3.72. The third-order valence-electron chi connectivity index (χ3n) is 1.15. The maximum absolute atomic E-state index is 5.80. The summed E-state index contributed by atoms with van der Waals surface area (Å²) >= 11 is 8.01. The van der Waals surface area contributed by atoms with E-state index in [9.17, 15) is 0 Å². The first kappa shape index (κ1) is 9.13. The number of ether oxygens (including phenoxy) is 1. The molecule has 0 aliphatic rings. The molecule has 0 saturated heterocycles. The molecule has 3 heteroatoms. The van der Waals surface area contributed by atoms with Crippen molar-refractivity contribution in [1.29, 1.82) is 0 Å². The Balaban J connectivity index is 2.89. The molecule has 0 radical (unpaired) electrons. The maximum Gasteiger partial charge on any atom is 0.121 e. The van der Waals surface area contributed by atoms with E-state index in [1.54, 1.807) is 0 Å². The zero-order chi connectivity index (χ0) is 8.27. The number of benzene rings is 1. The molecular weight excluding hydrogens is 274 g/mol. The fourth-order valence-electron chi connectivity index (χ4n) is 0.779. The normalized spacial score (nSPS) is 9.73. The minimum Gasteiger partial charge on any atom is -0.494 e. The van der Waals surface area contributed by atoms with Crippen LogP contribution in [0.2, 0.25) is 5.02 Å². The zero-order valence-corrected chi connectivity index (χ0v) is 9.02. The molecule has 0 saturated carbocycles.